The van der Waals surface area contributed by atoms with Gasteiger partial charge in [-0.05, 0) is 49.7 Å². The number of piperidine rings is 1. The van der Waals surface area contributed by atoms with E-state index in [1.54, 1.807) is 6.07 Å². The molecule has 31 heavy (non-hydrogen) atoms. The SMILES string of the molecule is Nc1ccc2nc(-c3ccc4c(c3)NC(=O)CO4)c(CN3CCCC(C(=O)O)C3)n2c1. The Bertz CT molecular complexity index is 1190. The van der Waals surface area contributed by atoms with Crippen LogP contribution in [0.15, 0.2) is 36.5 Å². The number of nitrogens with one attached hydrogen (secondary N) is 1. The molecule has 1 unspecified atom stereocenters. The number of nitrogen functional groups attached to an aromatic ring is 1. The van der Waals surface area contributed by atoms with Crippen LogP contribution in [0.25, 0.3) is 16.9 Å². The zero-order chi connectivity index (χ0) is 21.5. The highest BCUT2D eigenvalue weighted by Gasteiger charge is 2.27. The average molecular weight is 421 g/mol. The topological polar surface area (TPSA) is 122 Å². The van der Waals surface area contributed by atoms with Gasteiger partial charge < -0.3 is 25.3 Å². The molecule has 1 saturated heterocycles. The summed E-state index contributed by atoms with van der Waals surface area (Å²) >= 11 is 0. The Hall–Kier alpha value is -3.59. The Morgan fingerprint density at radius 3 is 3.03 bits per heavy atom. The molecular formula is C22H23N5O4. The number of anilines is 2. The summed E-state index contributed by atoms with van der Waals surface area (Å²) < 4.78 is 7.43. The van der Waals surface area contributed by atoms with Crippen molar-refractivity contribution in [2.75, 3.05) is 30.7 Å². The number of imidazole rings is 1. The number of amides is 1. The van der Waals surface area contributed by atoms with Crippen molar-refractivity contribution in [1.29, 1.82) is 0 Å². The van der Waals surface area contributed by atoms with E-state index in [1.807, 2.05) is 34.9 Å². The lowest BCUT2D eigenvalue weighted by Gasteiger charge is -2.30. The van der Waals surface area contributed by atoms with Crippen molar-refractivity contribution in [3.8, 4) is 17.0 Å². The first-order valence-corrected chi connectivity index (χ1v) is 10.3. The van der Waals surface area contributed by atoms with Crippen LogP contribution in [0.4, 0.5) is 11.4 Å². The van der Waals surface area contributed by atoms with Crippen LogP contribution < -0.4 is 15.8 Å². The number of likely N-dealkylation sites (tertiary alicyclic amines) is 1. The van der Waals surface area contributed by atoms with E-state index in [1.165, 1.54) is 0 Å². The van der Waals surface area contributed by atoms with E-state index in [-0.39, 0.29) is 18.4 Å². The van der Waals surface area contributed by atoms with Crippen LogP contribution in [0, 0.1) is 5.92 Å². The number of carbonyl (C=O) groups excluding carboxylic acids is 1. The third-order valence-corrected chi connectivity index (χ3v) is 5.85. The second-order valence-corrected chi connectivity index (χ2v) is 8.06. The molecule has 3 aromatic rings. The van der Waals surface area contributed by atoms with Crippen LogP contribution in [-0.4, -0.2) is 51.0 Å². The van der Waals surface area contributed by atoms with Gasteiger partial charge in [-0.2, -0.15) is 0 Å². The fourth-order valence-electron chi connectivity index (χ4n) is 4.33. The number of carboxylic acid groups (broad SMARTS) is 1. The summed E-state index contributed by atoms with van der Waals surface area (Å²) in [6.07, 6.45) is 3.37. The Morgan fingerprint density at radius 2 is 2.19 bits per heavy atom. The second-order valence-electron chi connectivity index (χ2n) is 8.06. The van der Waals surface area contributed by atoms with E-state index in [0.717, 1.165) is 35.6 Å². The van der Waals surface area contributed by atoms with E-state index in [0.29, 0.717) is 36.6 Å². The van der Waals surface area contributed by atoms with Crippen molar-refractivity contribution in [3.63, 3.8) is 0 Å². The van der Waals surface area contributed by atoms with Gasteiger partial charge in [-0.1, -0.05) is 0 Å². The Morgan fingerprint density at radius 1 is 1.32 bits per heavy atom. The van der Waals surface area contributed by atoms with Crippen LogP contribution in [-0.2, 0) is 16.1 Å². The van der Waals surface area contributed by atoms with Crippen molar-refractivity contribution >= 4 is 28.9 Å². The molecule has 1 aromatic carbocycles. The molecule has 2 aromatic heterocycles. The Kier molecular flexibility index (Phi) is 4.74. The summed E-state index contributed by atoms with van der Waals surface area (Å²) in [4.78, 5) is 30.2. The minimum atomic E-state index is -0.752. The summed E-state index contributed by atoms with van der Waals surface area (Å²) in [6, 6.07) is 9.27. The molecule has 4 N–H and O–H groups in total. The van der Waals surface area contributed by atoms with Gasteiger partial charge in [0.05, 0.1) is 23.0 Å². The predicted octanol–water partition coefficient (Wildman–Crippen LogP) is 2.21. The molecule has 0 bridgehead atoms. The number of fused-ring (bicyclic) bond motifs is 2. The Balaban J connectivity index is 1.56. The fraction of sp³-hybridized carbons (Fsp3) is 0.318. The molecular weight excluding hydrogens is 398 g/mol. The third kappa shape index (κ3) is 3.68. The molecule has 0 radical (unpaired) electrons. The normalized spacial score (nSPS) is 19.0. The van der Waals surface area contributed by atoms with Crippen LogP contribution in [0.1, 0.15) is 18.5 Å². The second kappa shape index (κ2) is 7.59. The number of aromatic nitrogens is 2. The molecule has 9 heteroatoms. The van der Waals surface area contributed by atoms with Crippen LogP contribution in [0.5, 0.6) is 5.75 Å². The summed E-state index contributed by atoms with van der Waals surface area (Å²) in [5, 5.41) is 12.3. The number of nitrogens with zero attached hydrogens (tertiary/aromatic N) is 3. The van der Waals surface area contributed by atoms with Crippen molar-refractivity contribution in [2.24, 2.45) is 5.92 Å². The molecule has 1 fully saturated rings. The number of hydrogen-bond donors (Lipinski definition) is 3. The zero-order valence-electron chi connectivity index (χ0n) is 16.9. The first-order chi connectivity index (χ1) is 15.0. The van der Waals surface area contributed by atoms with Gasteiger partial charge in [0.25, 0.3) is 5.91 Å². The van der Waals surface area contributed by atoms with E-state index in [4.69, 9.17) is 15.5 Å². The molecule has 160 valence electrons. The maximum atomic E-state index is 11.7. The number of rotatable bonds is 4. The third-order valence-electron chi connectivity index (χ3n) is 5.85. The van der Waals surface area contributed by atoms with Crippen molar-refractivity contribution in [3.05, 3.63) is 42.2 Å². The van der Waals surface area contributed by atoms with Crippen molar-refractivity contribution in [1.82, 2.24) is 14.3 Å². The average Bonchev–Trinajstić information content (AvgIpc) is 3.11. The highest BCUT2D eigenvalue weighted by atomic mass is 16.5. The molecule has 1 atom stereocenters. The van der Waals surface area contributed by atoms with Gasteiger partial charge in [-0.15, -0.1) is 0 Å². The van der Waals surface area contributed by atoms with E-state index in [9.17, 15) is 14.7 Å². The number of benzene rings is 1. The van der Waals surface area contributed by atoms with Gasteiger partial charge in [0, 0.05) is 30.5 Å². The highest BCUT2D eigenvalue weighted by Crippen LogP contribution is 2.35. The maximum absolute atomic E-state index is 11.7. The van der Waals surface area contributed by atoms with Crippen LogP contribution >= 0.6 is 0 Å². The molecule has 0 saturated carbocycles. The number of nitrogens with two attached hydrogens (primary N) is 1. The lowest BCUT2D eigenvalue weighted by Crippen LogP contribution is -2.38. The molecule has 9 nitrogen and oxygen atoms in total. The van der Waals surface area contributed by atoms with E-state index in [2.05, 4.69) is 10.2 Å². The number of hydrogen-bond acceptors (Lipinski definition) is 6. The summed E-state index contributed by atoms with van der Waals surface area (Å²) in [6.45, 7) is 1.87. The molecule has 0 spiro atoms. The number of aliphatic carboxylic acids is 1. The van der Waals surface area contributed by atoms with Gasteiger partial charge >= 0.3 is 5.97 Å². The van der Waals surface area contributed by atoms with Gasteiger partial charge in [0.1, 0.15) is 11.4 Å². The smallest absolute Gasteiger partial charge is 0.307 e. The minimum Gasteiger partial charge on any atom is -0.482 e. The number of carbonyl (C=O) groups is 2. The lowest BCUT2D eigenvalue weighted by atomic mass is 9.98. The molecule has 2 aliphatic rings. The van der Waals surface area contributed by atoms with E-state index >= 15 is 0 Å². The number of pyridine rings is 1. The summed E-state index contributed by atoms with van der Waals surface area (Å²) in [7, 11) is 0. The molecule has 0 aliphatic carbocycles. The molecule has 4 heterocycles. The summed E-state index contributed by atoms with van der Waals surface area (Å²) in [5.74, 6) is -0.686. The number of carboxylic acids is 1. The van der Waals surface area contributed by atoms with Gasteiger partial charge in [-0.3, -0.25) is 14.5 Å². The molecule has 1 amide bonds. The molecule has 5 rings (SSSR count). The standard InChI is InChI=1S/C22H23N5O4/c23-15-4-6-19-25-21(13-3-5-18-16(8-13)24-20(28)12-31-18)17(27(19)10-15)11-26-7-1-2-14(9-26)22(29)30/h3-6,8,10,14H,1-2,7,9,11-12,23H2,(H,24,28)(H,29,30). The molecule has 2 aliphatic heterocycles. The predicted molar refractivity (Wildman–Crippen MR) is 115 cm³/mol. The van der Waals surface area contributed by atoms with E-state index < -0.39 is 5.97 Å². The lowest BCUT2D eigenvalue weighted by molar-refractivity contribution is -0.143. The fourth-order valence-corrected chi connectivity index (χ4v) is 4.33. The highest BCUT2D eigenvalue weighted by molar-refractivity contribution is 5.96. The van der Waals surface area contributed by atoms with Gasteiger partial charge in [0.15, 0.2) is 6.61 Å². The van der Waals surface area contributed by atoms with Crippen LogP contribution in [0.2, 0.25) is 0 Å². The maximum Gasteiger partial charge on any atom is 0.307 e. The zero-order valence-corrected chi connectivity index (χ0v) is 16.9. The monoisotopic (exact) mass is 421 g/mol. The van der Waals surface area contributed by atoms with Crippen LogP contribution in [0.3, 0.4) is 0 Å². The first kappa shape index (κ1) is 19.4. The first-order valence-electron chi connectivity index (χ1n) is 10.3. The largest absolute Gasteiger partial charge is 0.482 e. The minimum absolute atomic E-state index is 0.00490. The van der Waals surface area contributed by atoms with Gasteiger partial charge in [-0.25, -0.2) is 4.98 Å². The Labute approximate surface area is 178 Å². The van der Waals surface area contributed by atoms with Crippen molar-refractivity contribution < 1.29 is 19.4 Å². The number of ether oxygens (including phenoxy) is 1. The quantitative estimate of drug-likeness (QED) is 0.590. The summed E-state index contributed by atoms with van der Waals surface area (Å²) in [5.41, 5.74) is 10.6. The van der Waals surface area contributed by atoms with Crippen molar-refractivity contribution in [2.45, 2.75) is 19.4 Å². The van der Waals surface area contributed by atoms with Gasteiger partial charge in [0.2, 0.25) is 0 Å².